The zero-order chi connectivity index (χ0) is 19.1. The molecule has 0 aliphatic heterocycles. The molecule has 1 aromatic carbocycles. The number of benzene rings is 1. The van der Waals surface area contributed by atoms with Crippen LogP contribution in [0.5, 0.6) is 11.5 Å². The van der Waals surface area contributed by atoms with Gasteiger partial charge in [-0.3, -0.25) is 4.79 Å². The van der Waals surface area contributed by atoms with Crippen molar-refractivity contribution in [1.82, 2.24) is 9.97 Å². The molecule has 140 valence electrons. The molecule has 26 heavy (non-hydrogen) atoms. The summed E-state index contributed by atoms with van der Waals surface area (Å²) >= 11 is 6.07. The van der Waals surface area contributed by atoms with Gasteiger partial charge < -0.3 is 19.7 Å². The third kappa shape index (κ3) is 4.76. The molecule has 0 aliphatic rings. The summed E-state index contributed by atoms with van der Waals surface area (Å²) in [7, 11) is 4.94. The van der Waals surface area contributed by atoms with Gasteiger partial charge in [0, 0.05) is 25.7 Å². The molecule has 0 atom stereocenters. The Hall–Kier alpha value is -2.54. The molecule has 0 unspecified atom stereocenters. The van der Waals surface area contributed by atoms with Crippen LogP contribution in [0.4, 0.5) is 11.5 Å². The molecule has 1 heterocycles. The van der Waals surface area contributed by atoms with Crippen molar-refractivity contribution in [2.45, 2.75) is 19.8 Å². The fourth-order valence-electron chi connectivity index (χ4n) is 2.29. The van der Waals surface area contributed by atoms with Gasteiger partial charge in [0.05, 0.1) is 37.3 Å². The fourth-order valence-corrected chi connectivity index (χ4v) is 2.52. The summed E-state index contributed by atoms with van der Waals surface area (Å²) in [6.07, 6.45) is 5.21. The number of carbonyl (C=O) groups excluding carboxylic acids is 1. The number of hydrogen-bond acceptors (Lipinski definition) is 6. The van der Waals surface area contributed by atoms with E-state index in [0.717, 1.165) is 25.2 Å². The molecule has 0 saturated heterocycles. The third-order valence-corrected chi connectivity index (χ3v) is 4.13. The second-order valence-corrected chi connectivity index (χ2v) is 6.08. The lowest BCUT2D eigenvalue weighted by Crippen LogP contribution is -2.21. The first-order chi connectivity index (χ1) is 12.5. The van der Waals surface area contributed by atoms with E-state index in [1.54, 1.807) is 18.3 Å². The van der Waals surface area contributed by atoms with E-state index >= 15 is 0 Å². The summed E-state index contributed by atoms with van der Waals surface area (Å²) in [5.74, 6) is 1.18. The smallest absolute Gasteiger partial charge is 0.275 e. The van der Waals surface area contributed by atoms with Gasteiger partial charge in [-0.1, -0.05) is 24.9 Å². The largest absolute Gasteiger partial charge is 0.495 e. The van der Waals surface area contributed by atoms with Crippen molar-refractivity contribution in [2.75, 3.05) is 38.0 Å². The molecule has 1 N–H and O–H groups in total. The standard InChI is InChI=1S/C18H23ClN4O3/c1-5-6-7-23(2)17-11-20-14(10-21-17)18(24)22-13-9-15(25-3)12(19)8-16(13)26-4/h8-11H,5-7H2,1-4H3,(H,22,24). The Bertz CT molecular complexity index is 753. The molecule has 2 rings (SSSR count). The number of unbranched alkanes of at least 4 members (excludes halogenated alkanes) is 1. The Morgan fingerprint density at radius 2 is 1.92 bits per heavy atom. The molecule has 0 saturated carbocycles. The van der Waals surface area contributed by atoms with Gasteiger partial charge in [0.15, 0.2) is 0 Å². The van der Waals surface area contributed by atoms with Crippen LogP contribution in [0.3, 0.4) is 0 Å². The molecule has 1 aromatic heterocycles. The van der Waals surface area contributed by atoms with Crippen molar-refractivity contribution in [3.8, 4) is 11.5 Å². The highest BCUT2D eigenvalue weighted by Gasteiger charge is 2.15. The molecule has 0 spiro atoms. The molecule has 0 radical (unpaired) electrons. The minimum atomic E-state index is -0.400. The third-order valence-electron chi connectivity index (χ3n) is 3.83. The highest BCUT2D eigenvalue weighted by atomic mass is 35.5. The summed E-state index contributed by atoms with van der Waals surface area (Å²) in [6, 6.07) is 3.17. The second-order valence-electron chi connectivity index (χ2n) is 5.68. The van der Waals surface area contributed by atoms with Crippen molar-refractivity contribution in [3.05, 3.63) is 35.2 Å². The van der Waals surface area contributed by atoms with E-state index in [1.165, 1.54) is 20.4 Å². The maximum Gasteiger partial charge on any atom is 0.275 e. The van der Waals surface area contributed by atoms with Gasteiger partial charge in [0.1, 0.15) is 23.0 Å². The minimum Gasteiger partial charge on any atom is -0.495 e. The van der Waals surface area contributed by atoms with Crippen LogP contribution in [0.2, 0.25) is 5.02 Å². The van der Waals surface area contributed by atoms with Crippen molar-refractivity contribution in [2.24, 2.45) is 0 Å². The number of amides is 1. The number of methoxy groups -OCH3 is 2. The predicted molar refractivity (Wildman–Crippen MR) is 103 cm³/mol. The van der Waals surface area contributed by atoms with Crippen LogP contribution in [0, 0.1) is 0 Å². The molecule has 8 heteroatoms. The minimum absolute atomic E-state index is 0.202. The van der Waals surface area contributed by atoms with Crippen molar-refractivity contribution >= 4 is 29.0 Å². The fraction of sp³-hybridized carbons (Fsp3) is 0.389. The first-order valence-electron chi connectivity index (χ1n) is 8.26. The van der Waals surface area contributed by atoms with E-state index in [2.05, 4.69) is 22.2 Å². The van der Waals surface area contributed by atoms with Crippen molar-refractivity contribution in [1.29, 1.82) is 0 Å². The summed E-state index contributed by atoms with van der Waals surface area (Å²) in [5.41, 5.74) is 0.637. The quantitative estimate of drug-likeness (QED) is 0.755. The van der Waals surface area contributed by atoms with Gasteiger partial charge in [-0.05, 0) is 6.42 Å². The van der Waals surface area contributed by atoms with E-state index in [1.807, 2.05) is 11.9 Å². The van der Waals surface area contributed by atoms with E-state index < -0.39 is 5.91 Å². The number of halogens is 1. The highest BCUT2D eigenvalue weighted by molar-refractivity contribution is 6.32. The summed E-state index contributed by atoms with van der Waals surface area (Å²) < 4.78 is 10.4. The van der Waals surface area contributed by atoms with Crippen LogP contribution in [0.15, 0.2) is 24.5 Å². The molecule has 2 aromatic rings. The van der Waals surface area contributed by atoms with Crippen LogP contribution >= 0.6 is 11.6 Å². The lowest BCUT2D eigenvalue weighted by molar-refractivity contribution is 0.102. The Morgan fingerprint density at radius 3 is 2.50 bits per heavy atom. The number of ether oxygens (including phenoxy) is 2. The average molecular weight is 379 g/mol. The first kappa shape index (κ1) is 19.8. The van der Waals surface area contributed by atoms with Gasteiger partial charge in [-0.2, -0.15) is 0 Å². The topological polar surface area (TPSA) is 76.6 Å². The first-order valence-corrected chi connectivity index (χ1v) is 8.64. The molecular formula is C18H23ClN4O3. The molecule has 7 nitrogen and oxygen atoms in total. The van der Waals surface area contributed by atoms with E-state index in [9.17, 15) is 4.79 Å². The Labute approximate surface area is 158 Å². The van der Waals surface area contributed by atoms with Gasteiger partial charge in [0.2, 0.25) is 0 Å². The maximum atomic E-state index is 12.5. The number of nitrogens with one attached hydrogen (secondary N) is 1. The molecular weight excluding hydrogens is 356 g/mol. The van der Waals surface area contributed by atoms with Crippen LogP contribution in [0.25, 0.3) is 0 Å². The zero-order valence-electron chi connectivity index (χ0n) is 15.4. The summed E-state index contributed by atoms with van der Waals surface area (Å²) in [5, 5.41) is 3.13. The lowest BCUT2D eigenvalue weighted by Gasteiger charge is -2.17. The monoisotopic (exact) mass is 378 g/mol. The van der Waals surface area contributed by atoms with Crippen LogP contribution in [0.1, 0.15) is 30.3 Å². The van der Waals surface area contributed by atoms with Crippen LogP contribution in [-0.4, -0.2) is 43.7 Å². The molecule has 0 bridgehead atoms. The number of hydrogen-bond donors (Lipinski definition) is 1. The predicted octanol–water partition coefficient (Wildman–Crippen LogP) is 3.64. The summed E-state index contributed by atoms with van der Waals surface area (Å²) in [4.78, 5) is 23.0. The second kappa shape index (κ2) is 9.24. The number of anilines is 2. The molecule has 0 aliphatic carbocycles. The van der Waals surface area contributed by atoms with Gasteiger partial charge in [0.25, 0.3) is 5.91 Å². The maximum absolute atomic E-state index is 12.5. The van der Waals surface area contributed by atoms with Crippen molar-refractivity contribution < 1.29 is 14.3 Å². The van der Waals surface area contributed by atoms with Crippen LogP contribution < -0.4 is 19.7 Å². The number of carbonyl (C=O) groups is 1. The highest BCUT2D eigenvalue weighted by Crippen LogP contribution is 2.36. The van der Waals surface area contributed by atoms with E-state index in [0.29, 0.717) is 22.2 Å². The number of aromatic nitrogens is 2. The number of nitrogens with zero attached hydrogens (tertiary/aromatic N) is 3. The Balaban J connectivity index is 2.15. The Kier molecular flexibility index (Phi) is 7.03. The van der Waals surface area contributed by atoms with Crippen LogP contribution in [-0.2, 0) is 0 Å². The number of rotatable bonds is 8. The van der Waals surface area contributed by atoms with Gasteiger partial charge >= 0.3 is 0 Å². The molecule has 1 amide bonds. The SMILES string of the molecule is CCCCN(C)c1cnc(C(=O)Nc2cc(OC)c(Cl)cc2OC)cn1. The average Bonchev–Trinajstić information content (AvgIpc) is 2.67. The van der Waals surface area contributed by atoms with Gasteiger partial charge in [-0.15, -0.1) is 0 Å². The summed E-state index contributed by atoms with van der Waals surface area (Å²) in [6.45, 7) is 3.02. The Morgan fingerprint density at radius 1 is 1.19 bits per heavy atom. The molecule has 0 fully saturated rings. The van der Waals surface area contributed by atoms with E-state index in [4.69, 9.17) is 21.1 Å². The zero-order valence-corrected chi connectivity index (χ0v) is 16.1. The van der Waals surface area contributed by atoms with Crippen molar-refractivity contribution in [3.63, 3.8) is 0 Å². The van der Waals surface area contributed by atoms with E-state index in [-0.39, 0.29) is 5.69 Å². The normalized spacial score (nSPS) is 10.3. The lowest BCUT2D eigenvalue weighted by atomic mass is 10.2. The van der Waals surface area contributed by atoms with Gasteiger partial charge in [-0.25, -0.2) is 9.97 Å².